The van der Waals surface area contributed by atoms with Crippen molar-refractivity contribution in [2.75, 3.05) is 54.4 Å². The summed E-state index contributed by atoms with van der Waals surface area (Å²) in [6, 6.07) is 5.87. The summed E-state index contributed by atoms with van der Waals surface area (Å²) in [5.41, 5.74) is 1.41. The maximum Gasteiger partial charge on any atom is 0.340 e. The van der Waals surface area contributed by atoms with E-state index in [1.165, 1.54) is 21.1 Å². The van der Waals surface area contributed by atoms with Gasteiger partial charge in [-0.1, -0.05) is 12.1 Å². The van der Waals surface area contributed by atoms with Crippen LogP contribution in [0.1, 0.15) is 36.5 Å². The van der Waals surface area contributed by atoms with Crippen LogP contribution < -0.4 is 5.73 Å². The Balaban J connectivity index is 1.47. The molecule has 6 fully saturated rings. The van der Waals surface area contributed by atoms with Gasteiger partial charge >= 0.3 is 11.9 Å². The van der Waals surface area contributed by atoms with Crippen LogP contribution in [-0.2, 0) is 42.7 Å². The Morgan fingerprint density at radius 1 is 1.04 bits per heavy atom. The first-order valence-electron chi connectivity index (χ1n) is 16.3. The van der Waals surface area contributed by atoms with Gasteiger partial charge < -0.3 is 48.9 Å². The molecule has 5 saturated carbocycles. The third kappa shape index (κ3) is 3.68. The lowest BCUT2D eigenvalue weighted by Crippen LogP contribution is -2.85. The maximum atomic E-state index is 13.8. The van der Waals surface area contributed by atoms with Gasteiger partial charge in [-0.15, -0.1) is 0 Å². The summed E-state index contributed by atoms with van der Waals surface area (Å²) in [7, 11) is 7.90. The van der Waals surface area contributed by atoms with Crippen LogP contribution >= 0.6 is 0 Å². The van der Waals surface area contributed by atoms with Gasteiger partial charge in [0.25, 0.3) is 0 Å². The molecule has 1 amide bonds. The summed E-state index contributed by atoms with van der Waals surface area (Å²) < 4.78 is 44.0. The van der Waals surface area contributed by atoms with Crippen molar-refractivity contribution in [1.82, 2.24) is 4.90 Å². The number of esters is 2. The standard InChI is InChI=1S/C34H46N2O11/c1-17(38)47-27-25(43-4)19-13-20-23(24(19)42-3)34(27,45-6)33(40)28(44-5)26-31(15-46-29(39)18-9-7-8-10-21(18)35)12-11-22(41-2)32(20,26)30(33)36(14-31)16-37/h7-10,16,19-20,22-28,30,40H,11-15,35H2,1-6H3/t19-,20?,22-,23?,24?,25+,26?,27+,28?,30?,31-,32-,33-,34-/m0/s1. The summed E-state index contributed by atoms with van der Waals surface area (Å²) in [6.45, 7) is 1.48. The SMILES string of the molecule is COC1C2C3C[C@@H]1[C@@H](OC)[C@@H](OC(C)=O)[C@]2(OC)[C@]1(O)C(OC)C2[C@@]4(COC(=O)c5ccccc5N)CC[C@H](OC)[C@@]32C1N(C=O)C4. The second-order valence-corrected chi connectivity index (χ2v) is 14.4. The number of likely N-dealkylation sites (tertiary alicyclic amines) is 1. The van der Waals surface area contributed by atoms with Crippen molar-refractivity contribution in [2.24, 2.45) is 34.5 Å². The van der Waals surface area contributed by atoms with Crippen LogP contribution in [0.5, 0.6) is 0 Å². The highest BCUT2D eigenvalue weighted by Gasteiger charge is 2.94. The monoisotopic (exact) mass is 658 g/mol. The molecule has 1 spiro atoms. The van der Waals surface area contributed by atoms with Gasteiger partial charge in [0, 0.05) is 83.3 Å². The fraction of sp³-hybridized carbons (Fsp3) is 0.735. The summed E-state index contributed by atoms with van der Waals surface area (Å²) in [5.74, 6) is -2.54. The van der Waals surface area contributed by atoms with Crippen LogP contribution in [0.3, 0.4) is 0 Å². The fourth-order valence-electron chi connectivity index (χ4n) is 12.4. The topological polar surface area (TPSA) is 165 Å². The molecule has 1 aliphatic heterocycles. The Labute approximate surface area is 274 Å². The van der Waals surface area contributed by atoms with Gasteiger partial charge in [0.1, 0.15) is 17.3 Å². The molecule has 5 aliphatic carbocycles. The van der Waals surface area contributed by atoms with Crippen LogP contribution in [0.4, 0.5) is 5.69 Å². The number of rotatable bonds is 10. The Hall–Kier alpha value is -2.81. The van der Waals surface area contributed by atoms with E-state index in [0.717, 1.165) is 6.41 Å². The Morgan fingerprint density at radius 3 is 2.36 bits per heavy atom. The molecule has 1 aromatic rings. The molecule has 7 bridgehead atoms. The molecule has 13 heteroatoms. The predicted molar refractivity (Wildman–Crippen MR) is 164 cm³/mol. The van der Waals surface area contributed by atoms with Gasteiger partial charge in [-0.05, 0) is 37.3 Å². The number of nitrogens with two attached hydrogens (primary N) is 1. The van der Waals surface area contributed by atoms with E-state index >= 15 is 0 Å². The minimum atomic E-state index is -1.94. The van der Waals surface area contributed by atoms with Gasteiger partial charge in [-0.2, -0.15) is 0 Å². The zero-order valence-corrected chi connectivity index (χ0v) is 27.8. The van der Waals surface area contributed by atoms with E-state index in [4.69, 9.17) is 38.9 Å². The van der Waals surface area contributed by atoms with E-state index in [0.29, 0.717) is 24.9 Å². The summed E-state index contributed by atoms with van der Waals surface area (Å²) in [4.78, 5) is 41.2. The summed E-state index contributed by atoms with van der Waals surface area (Å²) in [6.07, 6.45) is -1.05. The maximum absolute atomic E-state index is 13.8. The highest BCUT2D eigenvalue weighted by Crippen LogP contribution is 2.81. The minimum absolute atomic E-state index is 0.0431. The van der Waals surface area contributed by atoms with Crippen LogP contribution in [0.2, 0.25) is 0 Å². The number of fused-ring (bicyclic) bond motifs is 2. The molecule has 3 N–H and O–H groups in total. The van der Waals surface area contributed by atoms with Gasteiger partial charge in [0.05, 0.1) is 36.5 Å². The van der Waals surface area contributed by atoms with E-state index in [1.54, 1.807) is 50.5 Å². The first-order valence-corrected chi connectivity index (χ1v) is 16.3. The molecular formula is C34H46N2O11. The zero-order valence-electron chi connectivity index (χ0n) is 27.8. The van der Waals surface area contributed by atoms with Crippen molar-refractivity contribution < 1.29 is 52.6 Å². The first-order chi connectivity index (χ1) is 22.5. The average Bonchev–Trinajstić information content (AvgIpc) is 3.46. The molecular weight excluding hydrogens is 612 g/mol. The molecule has 0 aromatic heterocycles. The number of carbonyl (C=O) groups is 3. The van der Waals surface area contributed by atoms with Gasteiger partial charge in [-0.25, -0.2) is 4.79 Å². The van der Waals surface area contributed by atoms with E-state index in [-0.39, 0.29) is 30.6 Å². The molecule has 7 rings (SSSR count). The molecule has 6 unspecified atom stereocenters. The third-order valence-corrected chi connectivity index (χ3v) is 13.3. The number of hydrogen-bond donors (Lipinski definition) is 2. The number of benzene rings is 1. The normalized spacial score (nSPS) is 47.0. The van der Waals surface area contributed by atoms with Crippen LogP contribution in [0.15, 0.2) is 24.3 Å². The number of anilines is 1. The Kier molecular flexibility index (Phi) is 7.73. The largest absolute Gasteiger partial charge is 0.461 e. The number of ether oxygens (including phenoxy) is 7. The number of nitrogen functional groups attached to an aromatic ring is 1. The zero-order chi connectivity index (χ0) is 33.7. The molecule has 6 aliphatic rings. The molecule has 14 atom stereocenters. The molecule has 13 nitrogen and oxygen atoms in total. The summed E-state index contributed by atoms with van der Waals surface area (Å²) in [5, 5.41) is 13.8. The minimum Gasteiger partial charge on any atom is -0.461 e. The lowest BCUT2D eigenvalue weighted by Gasteiger charge is -2.70. The summed E-state index contributed by atoms with van der Waals surface area (Å²) >= 11 is 0. The second-order valence-electron chi connectivity index (χ2n) is 14.4. The van der Waals surface area contributed by atoms with Crippen molar-refractivity contribution >= 4 is 24.0 Å². The van der Waals surface area contributed by atoms with Crippen LogP contribution in [-0.4, -0.2) is 125 Å². The number of methoxy groups -OCH3 is 5. The van der Waals surface area contributed by atoms with Crippen molar-refractivity contribution in [3.8, 4) is 0 Å². The van der Waals surface area contributed by atoms with Crippen LogP contribution in [0, 0.1) is 34.5 Å². The van der Waals surface area contributed by atoms with Gasteiger partial charge in [-0.3, -0.25) is 9.59 Å². The quantitative estimate of drug-likeness (QED) is 0.209. The van der Waals surface area contributed by atoms with Crippen molar-refractivity contribution in [1.29, 1.82) is 0 Å². The highest BCUT2D eigenvalue weighted by atomic mass is 16.6. The Bertz CT molecular complexity index is 1440. The van der Waals surface area contributed by atoms with E-state index < -0.39 is 82.4 Å². The molecule has 1 heterocycles. The molecule has 258 valence electrons. The number of amides is 1. The molecule has 47 heavy (non-hydrogen) atoms. The Morgan fingerprint density at radius 2 is 1.77 bits per heavy atom. The van der Waals surface area contributed by atoms with E-state index in [1.807, 2.05) is 0 Å². The third-order valence-electron chi connectivity index (χ3n) is 13.3. The van der Waals surface area contributed by atoms with Crippen molar-refractivity contribution in [3.05, 3.63) is 29.8 Å². The average molecular weight is 659 g/mol. The van der Waals surface area contributed by atoms with Crippen LogP contribution in [0.25, 0.3) is 0 Å². The van der Waals surface area contributed by atoms with E-state index in [9.17, 15) is 19.5 Å². The first kappa shape index (κ1) is 32.7. The van der Waals surface area contributed by atoms with Gasteiger partial charge in [0.15, 0.2) is 6.10 Å². The second kappa shape index (κ2) is 11.1. The number of para-hydroxylation sites is 1. The van der Waals surface area contributed by atoms with Crippen molar-refractivity contribution in [3.63, 3.8) is 0 Å². The number of carbonyl (C=O) groups excluding carboxylic acids is 3. The fourth-order valence-corrected chi connectivity index (χ4v) is 12.4. The van der Waals surface area contributed by atoms with Gasteiger partial charge in [0.2, 0.25) is 6.41 Å². The van der Waals surface area contributed by atoms with Crippen molar-refractivity contribution in [2.45, 2.75) is 73.9 Å². The number of aliphatic hydroxyl groups is 1. The highest BCUT2D eigenvalue weighted by molar-refractivity contribution is 5.95. The smallest absolute Gasteiger partial charge is 0.340 e. The molecule has 1 aromatic carbocycles. The molecule has 1 saturated heterocycles. The lowest BCUT2D eigenvalue weighted by molar-refractivity contribution is -0.350. The van der Waals surface area contributed by atoms with E-state index in [2.05, 4.69) is 0 Å². The number of piperidine rings is 1. The number of hydrogen-bond acceptors (Lipinski definition) is 12. The number of nitrogens with zero attached hydrogens (tertiary/aromatic N) is 1. The lowest BCUT2D eigenvalue weighted by atomic mass is 9.42. The molecule has 0 radical (unpaired) electrons. The predicted octanol–water partition coefficient (Wildman–Crippen LogP) is 1.05.